The van der Waals surface area contributed by atoms with Crippen LogP contribution in [0.5, 0.6) is 5.75 Å². The van der Waals surface area contributed by atoms with Crippen LogP contribution in [0.4, 0.5) is 0 Å². The standard InChI is InChI=1S/C17H28N2O2/c1-13(2)21-16-8-4-14(5-9-16)17(18)12-19(10-11-20-3)15-6-7-15/h4-5,8-9,13,15,17H,6-7,10-12,18H2,1-3H3. The Morgan fingerprint density at radius 3 is 2.43 bits per heavy atom. The second kappa shape index (κ2) is 7.78. The molecule has 2 N–H and O–H groups in total. The van der Waals surface area contributed by atoms with E-state index in [0.29, 0.717) is 6.04 Å². The van der Waals surface area contributed by atoms with E-state index < -0.39 is 0 Å². The van der Waals surface area contributed by atoms with E-state index in [0.717, 1.165) is 31.0 Å². The summed E-state index contributed by atoms with van der Waals surface area (Å²) in [6.45, 7) is 6.68. The van der Waals surface area contributed by atoms with Crippen molar-refractivity contribution in [3.63, 3.8) is 0 Å². The number of methoxy groups -OCH3 is 1. The van der Waals surface area contributed by atoms with E-state index in [9.17, 15) is 0 Å². The number of benzene rings is 1. The van der Waals surface area contributed by atoms with Crippen molar-refractivity contribution in [3.05, 3.63) is 29.8 Å². The minimum Gasteiger partial charge on any atom is -0.491 e. The van der Waals surface area contributed by atoms with Crippen molar-refractivity contribution >= 4 is 0 Å². The van der Waals surface area contributed by atoms with Gasteiger partial charge in [-0.15, -0.1) is 0 Å². The van der Waals surface area contributed by atoms with Gasteiger partial charge in [0.2, 0.25) is 0 Å². The molecular formula is C17H28N2O2. The highest BCUT2D eigenvalue weighted by Crippen LogP contribution is 2.28. The Labute approximate surface area is 128 Å². The third-order valence-corrected chi connectivity index (χ3v) is 3.76. The molecule has 0 spiro atoms. The molecule has 21 heavy (non-hydrogen) atoms. The van der Waals surface area contributed by atoms with Crippen molar-refractivity contribution in [3.8, 4) is 5.75 Å². The molecule has 0 bridgehead atoms. The Morgan fingerprint density at radius 1 is 1.24 bits per heavy atom. The molecule has 0 aliphatic heterocycles. The van der Waals surface area contributed by atoms with Crippen molar-refractivity contribution in [2.75, 3.05) is 26.8 Å². The van der Waals surface area contributed by atoms with Crippen LogP contribution in [0.25, 0.3) is 0 Å². The first-order valence-electron chi connectivity index (χ1n) is 7.85. The number of nitrogens with zero attached hydrogens (tertiary/aromatic N) is 1. The average Bonchev–Trinajstić information content (AvgIpc) is 3.28. The maximum atomic E-state index is 6.36. The van der Waals surface area contributed by atoms with E-state index in [4.69, 9.17) is 15.2 Å². The molecule has 1 aromatic carbocycles. The lowest BCUT2D eigenvalue weighted by atomic mass is 10.1. The molecule has 1 atom stereocenters. The third kappa shape index (κ3) is 5.30. The molecule has 4 heteroatoms. The molecule has 1 fully saturated rings. The van der Waals surface area contributed by atoms with Gasteiger partial charge in [-0.1, -0.05) is 12.1 Å². The lowest BCUT2D eigenvalue weighted by Crippen LogP contribution is -2.36. The predicted octanol–water partition coefficient (Wildman–Crippen LogP) is 2.58. The van der Waals surface area contributed by atoms with Gasteiger partial charge in [-0.3, -0.25) is 4.90 Å². The van der Waals surface area contributed by atoms with Crippen molar-refractivity contribution < 1.29 is 9.47 Å². The fraction of sp³-hybridized carbons (Fsp3) is 0.647. The summed E-state index contributed by atoms with van der Waals surface area (Å²) in [4.78, 5) is 2.45. The number of nitrogens with two attached hydrogens (primary N) is 1. The van der Waals surface area contributed by atoms with E-state index in [1.807, 2.05) is 26.0 Å². The van der Waals surface area contributed by atoms with Gasteiger partial charge in [0, 0.05) is 32.3 Å². The molecule has 1 aliphatic carbocycles. The molecule has 0 saturated heterocycles. The van der Waals surface area contributed by atoms with Gasteiger partial charge in [0.05, 0.1) is 12.7 Å². The fourth-order valence-corrected chi connectivity index (χ4v) is 2.49. The van der Waals surface area contributed by atoms with E-state index in [1.54, 1.807) is 7.11 Å². The summed E-state index contributed by atoms with van der Waals surface area (Å²) in [6, 6.07) is 8.90. The number of hydrogen-bond donors (Lipinski definition) is 1. The van der Waals surface area contributed by atoms with Gasteiger partial charge in [0.25, 0.3) is 0 Å². The number of hydrogen-bond acceptors (Lipinski definition) is 4. The maximum absolute atomic E-state index is 6.36. The molecule has 0 amide bonds. The predicted molar refractivity (Wildman–Crippen MR) is 85.6 cm³/mol. The Hall–Kier alpha value is -1.10. The summed E-state index contributed by atoms with van der Waals surface area (Å²) >= 11 is 0. The highest BCUT2D eigenvalue weighted by Gasteiger charge is 2.29. The van der Waals surface area contributed by atoms with Crippen molar-refractivity contribution in [2.45, 2.75) is 44.9 Å². The number of rotatable bonds is 9. The topological polar surface area (TPSA) is 47.7 Å². The molecule has 2 rings (SSSR count). The Balaban J connectivity index is 1.90. The first-order valence-corrected chi connectivity index (χ1v) is 7.85. The molecular weight excluding hydrogens is 264 g/mol. The lowest BCUT2D eigenvalue weighted by molar-refractivity contribution is 0.139. The third-order valence-electron chi connectivity index (χ3n) is 3.76. The van der Waals surface area contributed by atoms with Crippen LogP contribution in [-0.4, -0.2) is 43.9 Å². The smallest absolute Gasteiger partial charge is 0.119 e. The van der Waals surface area contributed by atoms with Crippen LogP contribution in [0.1, 0.15) is 38.3 Å². The second-order valence-corrected chi connectivity index (χ2v) is 6.06. The van der Waals surface area contributed by atoms with Crippen LogP contribution >= 0.6 is 0 Å². The van der Waals surface area contributed by atoms with Gasteiger partial charge in [-0.2, -0.15) is 0 Å². The van der Waals surface area contributed by atoms with Crippen LogP contribution in [0, 0.1) is 0 Å². The van der Waals surface area contributed by atoms with Crippen LogP contribution in [0.2, 0.25) is 0 Å². The highest BCUT2D eigenvalue weighted by molar-refractivity contribution is 5.29. The van der Waals surface area contributed by atoms with E-state index in [1.165, 1.54) is 12.8 Å². The first-order chi connectivity index (χ1) is 10.1. The van der Waals surface area contributed by atoms with E-state index in [-0.39, 0.29) is 12.1 Å². The van der Waals surface area contributed by atoms with E-state index in [2.05, 4.69) is 17.0 Å². The zero-order chi connectivity index (χ0) is 15.2. The van der Waals surface area contributed by atoms with Crippen LogP contribution in [-0.2, 0) is 4.74 Å². The molecule has 0 aromatic heterocycles. The summed E-state index contributed by atoms with van der Waals surface area (Å²) in [5, 5.41) is 0. The summed E-state index contributed by atoms with van der Waals surface area (Å²) in [6.07, 6.45) is 2.78. The molecule has 118 valence electrons. The normalized spacial score (nSPS) is 16.5. The highest BCUT2D eigenvalue weighted by atomic mass is 16.5. The quantitative estimate of drug-likeness (QED) is 0.760. The summed E-state index contributed by atoms with van der Waals surface area (Å²) < 4.78 is 10.9. The Bertz CT molecular complexity index is 415. The molecule has 1 unspecified atom stereocenters. The van der Waals surface area contributed by atoms with Gasteiger partial charge in [0.1, 0.15) is 5.75 Å². The largest absolute Gasteiger partial charge is 0.491 e. The van der Waals surface area contributed by atoms with Crippen LogP contribution in [0.15, 0.2) is 24.3 Å². The molecule has 1 aliphatic rings. The minimum absolute atomic E-state index is 0.0376. The summed E-state index contributed by atoms with van der Waals surface area (Å²) in [7, 11) is 1.75. The van der Waals surface area contributed by atoms with E-state index >= 15 is 0 Å². The lowest BCUT2D eigenvalue weighted by Gasteiger charge is -2.25. The van der Waals surface area contributed by atoms with Gasteiger partial charge in [0.15, 0.2) is 0 Å². The van der Waals surface area contributed by atoms with Crippen molar-refractivity contribution in [1.29, 1.82) is 0 Å². The monoisotopic (exact) mass is 292 g/mol. The second-order valence-electron chi connectivity index (χ2n) is 6.06. The average molecular weight is 292 g/mol. The SMILES string of the molecule is COCCN(CC(N)c1ccc(OC(C)C)cc1)C1CC1. The fourth-order valence-electron chi connectivity index (χ4n) is 2.49. The van der Waals surface area contributed by atoms with Gasteiger partial charge in [-0.25, -0.2) is 0 Å². The summed E-state index contributed by atoms with van der Waals surface area (Å²) in [5.41, 5.74) is 7.52. The van der Waals surface area contributed by atoms with Crippen LogP contribution < -0.4 is 10.5 Å². The minimum atomic E-state index is 0.0376. The Morgan fingerprint density at radius 2 is 1.90 bits per heavy atom. The van der Waals surface area contributed by atoms with Crippen molar-refractivity contribution in [2.24, 2.45) is 5.73 Å². The first kappa shape index (κ1) is 16.3. The number of ether oxygens (including phenoxy) is 2. The van der Waals surface area contributed by atoms with Crippen molar-refractivity contribution in [1.82, 2.24) is 4.90 Å². The van der Waals surface area contributed by atoms with Gasteiger partial charge >= 0.3 is 0 Å². The molecule has 0 radical (unpaired) electrons. The van der Waals surface area contributed by atoms with Gasteiger partial charge in [-0.05, 0) is 44.4 Å². The summed E-state index contributed by atoms with van der Waals surface area (Å²) in [5.74, 6) is 0.902. The van der Waals surface area contributed by atoms with Gasteiger partial charge < -0.3 is 15.2 Å². The molecule has 4 nitrogen and oxygen atoms in total. The zero-order valence-electron chi connectivity index (χ0n) is 13.4. The molecule has 1 saturated carbocycles. The molecule has 0 heterocycles. The molecule has 1 aromatic rings. The van der Waals surface area contributed by atoms with Crippen LogP contribution in [0.3, 0.4) is 0 Å². The zero-order valence-corrected chi connectivity index (χ0v) is 13.4. The Kier molecular flexibility index (Phi) is 6.03. The maximum Gasteiger partial charge on any atom is 0.119 e.